The maximum Gasteiger partial charge on any atom is 0.254 e. The first-order valence-electron chi connectivity index (χ1n) is 11.4. The topological polar surface area (TPSA) is 71.5 Å². The Morgan fingerprint density at radius 2 is 1.88 bits per heavy atom. The largest absolute Gasteiger partial charge is 0.487 e. The van der Waals surface area contributed by atoms with Crippen LogP contribution in [-0.2, 0) is 13.2 Å². The molecular formula is C26H27N3O3S. The molecule has 0 radical (unpaired) electrons. The average Bonchev–Trinajstić information content (AvgIpc) is 3.76. The van der Waals surface area contributed by atoms with Crippen molar-refractivity contribution < 1.29 is 14.3 Å². The highest BCUT2D eigenvalue weighted by Gasteiger charge is 2.33. The van der Waals surface area contributed by atoms with E-state index in [4.69, 9.17) is 4.74 Å². The van der Waals surface area contributed by atoms with E-state index in [0.29, 0.717) is 36.1 Å². The summed E-state index contributed by atoms with van der Waals surface area (Å²) in [5.74, 6) is 0.639. The predicted molar refractivity (Wildman–Crippen MR) is 127 cm³/mol. The van der Waals surface area contributed by atoms with Gasteiger partial charge in [0.05, 0.1) is 10.7 Å². The van der Waals surface area contributed by atoms with E-state index in [1.54, 1.807) is 11.3 Å². The van der Waals surface area contributed by atoms with Gasteiger partial charge in [-0.3, -0.25) is 9.59 Å². The zero-order valence-electron chi connectivity index (χ0n) is 18.6. The summed E-state index contributed by atoms with van der Waals surface area (Å²) in [5, 5.41) is 6.00. The Labute approximate surface area is 197 Å². The summed E-state index contributed by atoms with van der Waals surface area (Å²) in [6, 6.07) is 15.5. The molecule has 0 unspecified atom stereocenters. The van der Waals surface area contributed by atoms with Gasteiger partial charge in [-0.2, -0.15) is 0 Å². The fraction of sp³-hybridized carbons (Fsp3) is 0.346. The van der Waals surface area contributed by atoms with E-state index in [9.17, 15) is 9.59 Å². The van der Waals surface area contributed by atoms with E-state index in [-0.39, 0.29) is 17.9 Å². The molecule has 3 aromatic rings. The van der Waals surface area contributed by atoms with Crippen molar-refractivity contribution in [3.8, 4) is 5.75 Å². The summed E-state index contributed by atoms with van der Waals surface area (Å²) in [4.78, 5) is 31.9. The van der Waals surface area contributed by atoms with Crippen LogP contribution in [0.5, 0.6) is 5.75 Å². The first kappa shape index (κ1) is 21.6. The number of amides is 2. The number of nitrogens with one attached hydrogen (secondary N) is 1. The second-order valence-electron chi connectivity index (χ2n) is 8.78. The molecule has 0 spiro atoms. The van der Waals surface area contributed by atoms with Gasteiger partial charge >= 0.3 is 0 Å². The zero-order valence-corrected chi connectivity index (χ0v) is 19.4. The predicted octanol–water partition coefficient (Wildman–Crippen LogP) is 4.73. The quantitative estimate of drug-likeness (QED) is 0.500. The van der Waals surface area contributed by atoms with Gasteiger partial charge in [0, 0.05) is 35.1 Å². The molecule has 2 saturated carbocycles. The molecule has 0 bridgehead atoms. The Bertz CT molecular complexity index is 1150. The van der Waals surface area contributed by atoms with Gasteiger partial charge in [0.25, 0.3) is 11.8 Å². The normalized spacial score (nSPS) is 15.2. The van der Waals surface area contributed by atoms with Gasteiger partial charge < -0.3 is 15.0 Å². The first-order valence-corrected chi connectivity index (χ1v) is 12.3. The van der Waals surface area contributed by atoms with E-state index >= 15 is 0 Å². The SMILES string of the molecule is Cc1nc(COc2cccc(C(=O)N(Cc3ccc(C(=O)NC4CC4)cc3)C3CC3)c2)cs1. The maximum absolute atomic E-state index is 13.4. The lowest BCUT2D eigenvalue weighted by atomic mass is 10.1. The van der Waals surface area contributed by atoms with Crippen LogP contribution in [0.3, 0.4) is 0 Å². The second kappa shape index (κ2) is 9.35. The van der Waals surface area contributed by atoms with Gasteiger partial charge in [0.1, 0.15) is 12.4 Å². The molecule has 6 nitrogen and oxygen atoms in total. The van der Waals surface area contributed by atoms with Crippen molar-refractivity contribution in [3.63, 3.8) is 0 Å². The van der Waals surface area contributed by atoms with E-state index in [1.807, 2.05) is 65.7 Å². The Kier molecular flexibility index (Phi) is 6.13. The Hall–Kier alpha value is -3.19. The highest BCUT2D eigenvalue weighted by atomic mass is 32.1. The molecule has 1 heterocycles. The monoisotopic (exact) mass is 461 g/mol. The number of benzene rings is 2. The van der Waals surface area contributed by atoms with Crippen molar-refractivity contribution in [1.29, 1.82) is 0 Å². The number of aryl methyl sites for hydroxylation is 1. The highest BCUT2D eigenvalue weighted by molar-refractivity contribution is 7.09. The van der Waals surface area contributed by atoms with Crippen LogP contribution in [0.1, 0.15) is 62.7 Å². The summed E-state index contributed by atoms with van der Waals surface area (Å²) in [6.07, 6.45) is 4.18. The second-order valence-corrected chi connectivity index (χ2v) is 9.85. The number of ether oxygens (including phenoxy) is 1. The summed E-state index contributed by atoms with van der Waals surface area (Å²) in [7, 11) is 0. The molecule has 2 fully saturated rings. The van der Waals surface area contributed by atoms with Gasteiger partial charge in [-0.1, -0.05) is 18.2 Å². The molecule has 170 valence electrons. The van der Waals surface area contributed by atoms with Crippen molar-refractivity contribution in [2.75, 3.05) is 0 Å². The molecule has 0 atom stereocenters. The third-order valence-electron chi connectivity index (χ3n) is 5.86. The number of carbonyl (C=O) groups excluding carboxylic acids is 2. The lowest BCUT2D eigenvalue weighted by Crippen LogP contribution is -2.32. The van der Waals surface area contributed by atoms with Crippen LogP contribution in [0.15, 0.2) is 53.9 Å². The molecule has 0 aliphatic heterocycles. The molecule has 33 heavy (non-hydrogen) atoms. The number of nitrogens with zero attached hydrogens (tertiary/aromatic N) is 2. The number of hydrogen-bond acceptors (Lipinski definition) is 5. The number of aromatic nitrogens is 1. The third-order valence-corrected chi connectivity index (χ3v) is 6.69. The fourth-order valence-corrected chi connectivity index (χ4v) is 4.32. The van der Waals surface area contributed by atoms with Crippen molar-refractivity contribution in [2.24, 2.45) is 0 Å². The Morgan fingerprint density at radius 3 is 2.55 bits per heavy atom. The fourth-order valence-electron chi connectivity index (χ4n) is 3.72. The Balaban J connectivity index is 1.24. The molecular weight excluding hydrogens is 434 g/mol. The lowest BCUT2D eigenvalue weighted by Gasteiger charge is -2.23. The highest BCUT2D eigenvalue weighted by Crippen LogP contribution is 2.30. The summed E-state index contributed by atoms with van der Waals surface area (Å²) >= 11 is 1.60. The van der Waals surface area contributed by atoms with E-state index in [1.165, 1.54) is 0 Å². The van der Waals surface area contributed by atoms with Crippen LogP contribution in [0.2, 0.25) is 0 Å². The molecule has 1 aromatic heterocycles. The van der Waals surface area contributed by atoms with Crippen molar-refractivity contribution >= 4 is 23.2 Å². The van der Waals surface area contributed by atoms with Crippen LogP contribution in [0.25, 0.3) is 0 Å². The van der Waals surface area contributed by atoms with Crippen LogP contribution in [0.4, 0.5) is 0 Å². The van der Waals surface area contributed by atoms with Gasteiger partial charge in [-0.05, 0) is 68.5 Å². The summed E-state index contributed by atoms with van der Waals surface area (Å²) < 4.78 is 5.87. The molecule has 2 aromatic carbocycles. The number of hydrogen-bond donors (Lipinski definition) is 1. The molecule has 1 N–H and O–H groups in total. The molecule has 7 heteroatoms. The van der Waals surface area contributed by atoms with Crippen LogP contribution >= 0.6 is 11.3 Å². The van der Waals surface area contributed by atoms with E-state index in [0.717, 1.165) is 41.9 Å². The Morgan fingerprint density at radius 1 is 1.09 bits per heavy atom. The van der Waals surface area contributed by atoms with Gasteiger partial charge in [0.2, 0.25) is 0 Å². The van der Waals surface area contributed by atoms with Gasteiger partial charge in [0.15, 0.2) is 0 Å². The molecule has 2 amide bonds. The molecule has 0 saturated heterocycles. The average molecular weight is 462 g/mol. The molecule has 2 aliphatic carbocycles. The smallest absolute Gasteiger partial charge is 0.254 e. The third kappa shape index (κ3) is 5.60. The van der Waals surface area contributed by atoms with Crippen molar-refractivity contribution in [3.05, 3.63) is 81.3 Å². The first-order chi connectivity index (χ1) is 16.0. The standard InChI is InChI=1S/C26H27N3O3S/c1-17-27-22(16-33-17)15-32-24-4-2-3-20(13-24)26(31)29(23-11-12-23)14-18-5-7-19(8-6-18)25(30)28-21-9-10-21/h2-8,13,16,21,23H,9-12,14-15H2,1H3,(H,28,30). The van der Waals surface area contributed by atoms with E-state index in [2.05, 4.69) is 10.3 Å². The number of thiazole rings is 1. The minimum Gasteiger partial charge on any atom is -0.487 e. The van der Waals surface area contributed by atoms with Crippen LogP contribution in [-0.4, -0.2) is 33.8 Å². The van der Waals surface area contributed by atoms with Gasteiger partial charge in [-0.15, -0.1) is 11.3 Å². The maximum atomic E-state index is 13.4. The summed E-state index contributed by atoms with van der Waals surface area (Å²) in [6.45, 7) is 2.88. The van der Waals surface area contributed by atoms with Crippen LogP contribution in [0, 0.1) is 6.92 Å². The minimum atomic E-state index is -0.0243. The van der Waals surface area contributed by atoms with E-state index < -0.39 is 0 Å². The van der Waals surface area contributed by atoms with Crippen molar-refractivity contribution in [1.82, 2.24) is 15.2 Å². The minimum absolute atomic E-state index is 0.00278. The number of rotatable bonds is 9. The van der Waals surface area contributed by atoms with Gasteiger partial charge in [-0.25, -0.2) is 4.98 Å². The summed E-state index contributed by atoms with van der Waals surface area (Å²) in [5.41, 5.74) is 3.19. The number of carbonyl (C=O) groups is 2. The lowest BCUT2D eigenvalue weighted by molar-refractivity contribution is 0.0729. The molecule has 2 aliphatic rings. The zero-order chi connectivity index (χ0) is 22.8. The van der Waals surface area contributed by atoms with Crippen LogP contribution < -0.4 is 10.1 Å². The molecule has 5 rings (SSSR count). The van der Waals surface area contributed by atoms with Crippen molar-refractivity contribution in [2.45, 2.75) is 57.8 Å².